The van der Waals surface area contributed by atoms with Crippen molar-refractivity contribution in [3.05, 3.63) is 71.3 Å². The summed E-state index contributed by atoms with van der Waals surface area (Å²) >= 11 is 0. The second kappa shape index (κ2) is 8.13. The highest BCUT2D eigenvalue weighted by Crippen LogP contribution is 2.29. The summed E-state index contributed by atoms with van der Waals surface area (Å²) < 4.78 is 37.9. The van der Waals surface area contributed by atoms with Crippen LogP contribution in [-0.2, 0) is 19.1 Å². The number of nitrogens with one attached hydrogen (secondary N) is 1. The van der Waals surface area contributed by atoms with Gasteiger partial charge in [0.2, 0.25) is 0 Å². The fourth-order valence-electron chi connectivity index (χ4n) is 2.40. The first-order valence-corrected chi connectivity index (χ1v) is 7.61. The van der Waals surface area contributed by atoms with E-state index in [1.807, 2.05) is 30.3 Å². The standard InChI is InChI=1S/C18H21F3N2/c19-18(20,21)16-8-4-7-15(11-16)13-23-10-9-17(22)12-14-5-2-1-3-6-14/h1-8,11,17,23H,9-10,12-13,22H2/t17-/m0/s1. The van der Waals surface area contributed by atoms with Crippen LogP contribution in [0.15, 0.2) is 54.6 Å². The van der Waals surface area contributed by atoms with Crippen molar-refractivity contribution in [2.24, 2.45) is 5.73 Å². The van der Waals surface area contributed by atoms with Crippen LogP contribution in [0.2, 0.25) is 0 Å². The summed E-state index contributed by atoms with van der Waals surface area (Å²) in [5, 5.41) is 3.15. The smallest absolute Gasteiger partial charge is 0.327 e. The van der Waals surface area contributed by atoms with Crippen molar-refractivity contribution < 1.29 is 13.2 Å². The molecule has 0 saturated carbocycles. The fraction of sp³-hybridized carbons (Fsp3) is 0.333. The summed E-state index contributed by atoms with van der Waals surface area (Å²) in [5.74, 6) is 0. The molecule has 0 saturated heterocycles. The second-order valence-electron chi connectivity index (χ2n) is 5.61. The molecule has 0 fully saturated rings. The quantitative estimate of drug-likeness (QED) is 0.762. The summed E-state index contributed by atoms with van der Waals surface area (Å²) in [7, 11) is 0. The number of hydrogen-bond donors (Lipinski definition) is 2. The molecule has 2 rings (SSSR count). The zero-order valence-electron chi connectivity index (χ0n) is 12.8. The molecule has 0 aromatic heterocycles. The van der Waals surface area contributed by atoms with Gasteiger partial charge in [-0.25, -0.2) is 0 Å². The van der Waals surface area contributed by atoms with E-state index in [1.54, 1.807) is 6.07 Å². The van der Waals surface area contributed by atoms with E-state index in [-0.39, 0.29) is 6.04 Å². The molecule has 124 valence electrons. The van der Waals surface area contributed by atoms with Gasteiger partial charge < -0.3 is 11.1 Å². The second-order valence-corrected chi connectivity index (χ2v) is 5.61. The molecule has 0 aliphatic heterocycles. The molecule has 2 aromatic rings. The van der Waals surface area contributed by atoms with E-state index in [2.05, 4.69) is 5.32 Å². The zero-order chi connectivity index (χ0) is 16.7. The Hall–Kier alpha value is -1.85. The van der Waals surface area contributed by atoms with Crippen molar-refractivity contribution in [2.45, 2.75) is 31.6 Å². The van der Waals surface area contributed by atoms with Gasteiger partial charge in [-0.05, 0) is 36.6 Å². The van der Waals surface area contributed by atoms with Crippen LogP contribution in [0.25, 0.3) is 0 Å². The lowest BCUT2D eigenvalue weighted by atomic mass is 10.0. The Morgan fingerprint density at radius 1 is 0.957 bits per heavy atom. The summed E-state index contributed by atoms with van der Waals surface area (Å²) in [6, 6.07) is 15.4. The Morgan fingerprint density at radius 3 is 2.35 bits per heavy atom. The van der Waals surface area contributed by atoms with Crippen molar-refractivity contribution in [2.75, 3.05) is 6.54 Å². The van der Waals surface area contributed by atoms with Crippen molar-refractivity contribution in [3.63, 3.8) is 0 Å². The summed E-state index contributed by atoms with van der Waals surface area (Å²) in [5.41, 5.74) is 7.28. The van der Waals surface area contributed by atoms with E-state index in [0.29, 0.717) is 18.7 Å². The van der Waals surface area contributed by atoms with E-state index in [1.165, 1.54) is 17.7 Å². The predicted octanol–water partition coefficient (Wildman–Crippen LogP) is 3.76. The zero-order valence-corrected chi connectivity index (χ0v) is 12.8. The van der Waals surface area contributed by atoms with Crippen LogP contribution in [0.4, 0.5) is 13.2 Å². The molecule has 2 nitrogen and oxygen atoms in total. The van der Waals surface area contributed by atoms with Gasteiger partial charge in [0.25, 0.3) is 0 Å². The predicted molar refractivity (Wildman–Crippen MR) is 85.9 cm³/mol. The lowest BCUT2D eigenvalue weighted by Gasteiger charge is -2.13. The molecule has 23 heavy (non-hydrogen) atoms. The highest BCUT2D eigenvalue weighted by atomic mass is 19.4. The van der Waals surface area contributed by atoms with Gasteiger partial charge in [-0.3, -0.25) is 0 Å². The first-order valence-electron chi connectivity index (χ1n) is 7.61. The Kier molecular flexibility index (Phi) is 6.19. The van der Waals surface area contributed by atoms with Crippen LogP contribution in [0, 0.1) is 0 Å². The average molecular weight is 322 g/mol. The highest BCUT2D eigenvalue weighted by molar-refractivity contribution is 5.25. The molecule has 3 N–H and O–H groups in total. The fourth-order valence-corrected chi connectivity index (χ4v) is 2.40. The molecule has 0 aliphatic rings. The highest BCUT2D eigenvalue weighted by Gasteiger charge is 2.30. The first kappa shape index (κ1) is 17.5. The number of alkyl halides is 3. The number of halogens is 3. The number of rotatable bonds is 7. The molecule has 2 aromatic carbocycles. The van der Waals surface area contributed by atoms with E-state index in [4.69, 9.17) is 5.73 Å². The van der Waals surface area contributed by atoms with Gasteiger partial charge >= 0.3 is 6.18 Å². The van der Waals surface area contributed by atoms with E-state index in [0.717, 1.165) is 18.9 Å². The van der Waals surface area contributed by atoms with Crippen LogP contribution in [0.5, 0.6) is 0 Å². The SMILES string of the molecule is N[C@@H](CCNCc1cccc(C(F)(F)F)c1)Cc1ccccc1. The molecule has 0 amide bonds. The Bertz CT molecular complexity index is 597. The maximum atomic E-state index is 12.6. The number of benzene rings is 2. The largest absolute Gasteiger partial charge is 0.416 e. The van der Waals surface area contributed by atoms with Gasteiger partial charge in [-0.1, -0.05) is 48.5 Å². The van der Waals surface area contributed by atoms with Crippen LogP contribution in [0.3, 0.4) is 0 Å². The minimum Gasteiger partial charge on any atom is -0.327 e. The minimum absolute atomic E-state index is 0.0337. The Labute approximate surface area is 134 Å². The molecular formula is C18H21F3N2. The minimum atomic E-state index is -4.30. The lowest BCUT2D eigenvalue weighted by Crippen LogP contribution is -2.28. The Morgan fingerprint density at radius 2 is 1.65 bits per heavy atom. The lowest BCUT2D eigenvalue weighted by molar-refractivity contribution is -0.137. The molecular weight excluding hydrogens is 301 g/mol. The van der Waals surface area contributed by atoms with Gasteiger partial charge in [0.1, 0.15) is 0 Å². The van der Waals surface area contributed by atoms with Gasteiger partial charge in [0.15, 0.2) is 0 Å². The third-order valence-corrected chi connectivity index (χ3v) is 3.62. The van der Waals surface area contributed by atoms with Crippen molar-refractivity contribution in [3.8, 4) is 0 Å². The average Bonchev–Trinajstić information content (AvgIpc) is 2.52. The number of hydrogen-bond acceptors (Lipinski definition) is 2. The topological polar surface area (TPSA) is 38.0 Å². The molecule has 0 radical (unpaired) electrons. The number of nitrogens with two attached hydrogens (primary N) is 1. The monoisotopic (exact) mass is 322 g/mol. The third kappa shape index (κ3) is 6.04. The molecule has 0 heterocycles. The van der Waals surface area contributed by atoms with Gasteiger partial charge in [-0.15, -0.1) is 0 Å². The van der Waals surface area contributed by atoms with E-state index < -0.39 is 11.7 Å². The summed E-state index contributed by atoms with van der Waals surface area (Å²) in [4.78, 5) is 0. The molecule has 0 aliphatic carbocycles. The molecule has 5 heteroatoms. The van der Waals surface area contributed by atoms with Gasteiger partial charge in [-0.2, -0.15) is 13.2 Å². The maximum absolute atomic E-state index is 12.6. The van der Waals surface area contributed by atoms with Crippen LogP contribution in [-0.4, -0.2) is 12.6 Å². The summed E-state index contributed by atoms with van der Waals surface area (Å²) in [6.45, 7) is 1.08. The summed E-state index contributed by atoms with van der Waals surface area (Å²) in [6.07, 6.45) is -2.73. The van der Waals surface area contributed by atoms with Gasteiger partial charge in [0, 0.05) is 12.6 Å². The van der Waals surface area contributed by atoms with Crippen molar-refractivity contribution in [1.29, 1.82) is 0 Å². The third-order valence-electron chi connectivity index (χ3n) is 3.62. The van der Waals surface area contributed by atoms with E-state index >= 15 is 0 Å². The maximum Gasteiger partial charge on any atom is 0.416 e. The Balaban J connectivity index is 1.73. The molecule has 0 spiro atoms. The van der Waals surface area contributed by atoms with Gasteiger partial charge in [0.05, 0.1) is 5.56 Å². The van der Waals surface area contributed by atoms with Crippen LogP contribution in [0.1, 0.15) is 23.1 Å². The first-order chi connectivity index (χ1) is 10.9. The molecule has 1 atom stereocenters. The van der Waals surface area contributed by atoms with Crippen molar-refractivity contribution >= 4 is 0 Å². The van der Waals surface area contributed by atoms with Crippen LogP contribution < -0.4 is 11.1 Å². The van der Waals surface area contributed by atoms with Crippen LogP contribution >= 0.6 is 0 Å². The molecule has 0 unspecified atom stereocenters. The van der Waals surface area contributed by atoms with Crippen molar-refractivity contribution in [1.82, 2.24) is 5.32 Å². The van der Waals surface area contributed by atoms with E-state index in [9.17, 15) is 13.2 Å². The molecule has 0 bridgehead atoms. The normalized spacial score (nSPS) is 13.0.